The third-order valence-corrected chi connectivity index (χ3v) is 5.00. The second kappa shape index (κ2) is 7.29. The maximum absolute atomic E-state index is 12.6. The van der Waals surface area contributed by atoms with Gasteiger partial charge in [-0.05, 0) is 36.6 Å². The van der Waals surface area contributed by atoms with E-state index in [1.54, 1.807) is 24.3 Å². The van der Waals surface area contributed by atoms with Crippen molar-refractivity contribution in [2.45, 2.75) is 19.4 Å². The van der Waals surface area contributed by atoms with Gasteiger partial charge in [-0.25, -0.2) is 9.78 Å². The van der Waals surface area contributed by atoms with Crippen molar-refractivity contribution in [3.05, 3.63) is 61.9 Å². The van der Waals surface area contributed by atoms with E-state index in [0.717, 1.165) is 18.4 Å². The summed E-state index contributed by atoms with van der Waals surface area (Å²) in [6.07, 6.45) is 0.961. The summed E-state index contributed by atoms with van der Waals surface area (Å²) >= 11 is 12.3. The highest BCUT2D eigenvalue weighted by molar-refractivity contribution is 6.37. The Morgan fingerprint density at radius 1 is 1.36 bits per heavy atom. The Morgan fingerprint density at radius 2 is 2.18 bits per heavy atom. The molecule has 0 spiro atoms. The number of carbonyl (C=O) groups is 1. The molecule has 1 amide bonds. The Bertz CT molecular complexity index is 1100. The minimum absolute atomic E-state index is 0.111. The van der Waals surface area contributed by atoms with Crippen LogP contribution in [0.1, 0.15) is 17.8 Å². The summed E-state index contributed by atoms with van der Waals surface area (Å²) in [6, 6.07) is 7.99. The van der Waals surface area contributed by atoms with Crippen molar-refractivity contribution >= 4 is 51.7 Å². The first kappa shape index (κ1) is 18.5. The zero-order valence-corrected chi connectivity index (χ0v) is 16.0. The van der Waals surface area contributed by atoms with E-state index in [4.69, 9.17) is 27.9 Å². The molecule has 1 aliphatic heterocycles. The SMILES string of the molecule is O=C(OCc1nc2c([N+](=O)[O-])cccc2[nH]1)N1CCCc2cc(Cl)cc(Cl)c21. The smallest absolute Gasteiger partial charge is 0.414 e. The minimum Gasteiger partial charge on any atom is -0.441 e. The van der Waals surface area contributed by atoms with Crippen LogP contribution in [0.3, 0.4) is 0 Å². The van der Waals surface area contributed by atoms with Gasteiger partial charge < -0.3 is 9.72 Å². The van der Waals surface area contributed by atoms with Gasteiger partial charge >= 0.3 is 6.09 Å². The molecule has 3 aromatic rings. The number of nitro groups is 1. The number of halogens is 2. The molecular weight excluding hydrogens is 407 g/mol. The van der Waals surface area contributed by atoms with Crippen LogP contribution < -0.4 is 4.90 Å². The van der Waals surface area contributed by atoms with E-state index in [1.165, 1.54) is 11.0 Å². The molecule has 1 N–H and O–H groups in total. The third-order valence-electron chi connectivity index (χ3n) is 4.49. The number of rotatable bonds is 3. The molecule has 0 atom stereocenters. The van der Waals surface area contributed by atoms with Gasteiger partial charge in [0.1, 0.15) is 5.82 Å². The lowest BCUT2D eigenvalue weighted by Gasteiger charge is -2.29. The molecule has 0 bridgehead atoms. The largest absolute Gasteiger partial charge is 0.441 e. The number of aromatic amines is 1. The summed E-state index contributed by atoms with van der Waals surface area (Å²) in [7, 11) is 0. The second-order valence-electron chi connectivity index (χ2n) is 6.32. The van der Waals surface area contributed by atoms with Gasteiger partial charge in [0.25, 0.3) is 5.69 Å². The number of hydrogen-bond acceptors (Lipinski definition) is 5. The number of ether oxygens (including phenoxy) is 1. The van der Waals surface area contributed by atoms with Crippen molar-refractivity contribution < 1.29 is 14.5 Å². The number of fused-ring (bicyclic) bond motifs is 2. The fourth-order valence-electron chi connectivity index (χ4n) is 3.33. The maximum Gasteiger partial charge on any atom is 0.414 e. The van der Waals surface area contributed by atoms with Crippen LogP contribution in [-0.2, 0) is 17.8 Å². The van der Waals surface area contributed by atoms with Crippen LogP contribution >= 0.6 is 23.2 Å². The Labute approximate surface area is 169 Å². The number of hydrogen-bond donors (Lipinski definition) is 1. The molecule has 1 aliphatic rings. The first-order chi connectivity index (χ1) is 13.4. The van der Waals surface area contributed by atoms with Crippen LogP contribution in [-0.4, -0.2) is 27.5 Å². The molecule has 0 aliphatic carbocycles. The fourth-order valence-corrected chi connectivity index (χ4v) is 3.96. The number of nitrogens with zero attached hydrogens (tertiary/aromatic N) is 3. The lowest BCUT2D eigenvalue weighted by molar-refractivity contribution is -0.383. The second-order valence-corrected chi connectivity index (χ2v) is 7.16. The van der Waals surface area contributed by atoms with Crippen molar-refractivity contribution in [1.82, 2.24) is 9.97 Å². The summed E-state index contributed by atoms with van der Waals surface area (Å²) < 4.78 is 5.37. The van der Waals surface area contributed by atoms with Crippen molar-refractivity contribution in [2.24, 2.45) is 0 Å². The van der Waals surface area contributed by atoms with E-state index < -0.39 is 11.0 Å². The number of aromatic nitrogens is 2. The summed E-state index contributed by atoms with van der Waals surface area (Å²) in [5.41, 5.74) is 2.10. The molecule has 1 aromatic heterocycles. The molecule has 2 heterocycles. The first-order valence-corrected chi connectivity index (χ1v) is 9.24. The topological polar surface area (TPSA) is 101 Å². The zero-order valence-electron chi connectivity index (χ0n) is 14.4. The molecule has 4 rings (SSSR count). The molecule has 0 saturated heterocycles. The van der Waals surface area contributed by atoms with Crippen molar-refractivity contribution in [2.75, 3.05) is 11.4 Å². The van der Waals surface area contributed by atoms with E-state index in [0.29, 0.717) is 33.6 Å². The van der Waals surface area contributed by atoms with Crippen LogP contribution in [0.25, 0.3) is 11.0 Å². The van der Waals surface area contributed by atoms with E-state index in [1.807, 2.05) is 0 Å². The highest BCUT2D eigenvalue weighted by Crippen LogP contribution is 2.37. The first-order valence-electron chi connectivity index (χ1n) is 8.48. The summed E-state index contributed by atoms with van der Waals surface area (Å²) in [6.45, 7) is 0.320. The Kier molecular flexibility index (Phi) is 4.82. The monoisotopic (exact) mass is 420 g/mol. The predicted octanol–water partition coefficient (Wildman–Crippen LogP) is 4.87. The Morgan fingerprint density at radius 3 is 2.96 bits per heavy atom. The highest BCUT2D eigenvalue weighted by Gasteiger charge is 2.27. The van der Waals surface area contributed by atoms with Gasteiger partial charge in [0, 0.05) is 17.6 Å². The molecule has 0 radical (unpaired) electrons. The molecule has 144 valence electrons. The molecule has 2 aromatic carbocycles. The number of aryl methyl sites for hydroxylation is 1. The Balaban J connectivity index is 1.54. The van der Waals surface area contributed by atoms with Crippen LogP contribution in [0, 0.1) is 10.1 Å². The molecule has 28 heavy (non-hydrogen) atoms. The van der Waals surface area contributed by atoms with E-state index in [9.17, 15) is 14.9 Å². The summed E-state index contributed by atoms with van der Waals surface area (Å²) in [5, 5.41) is 12.0. The predicted molar refractivity (Wildman–Crippen MR) is 105 cm³/mol. The number of para-hydroxylation sites is 1. The van der Waals surface area contributed by atoms with Gasteiger partial charge in [-0.2, -0.15) is 0 Å². The van der Waals surface area contributed by atoms with Gasteiger partial charge in [-0.15, -0.1) is 0 Å². The highest BCUT2D eigenvalue weighted by atomic mass is 35.5. The molecule has 0 unspecified atom stereocenters. The third kappa shape index (κ3) is 3.36. The lowest BCUT2D eigenvalue weighted by Crippen LogP contribution is -2.36. The average Bonchev–Trinajstić information content (AvgIpc) is 3.08. The summed E-state index contributed by atoms with van der Waals surface area (Å²) in [5.74, 6) is 0.317. The fraction of sp³-hybridized carbons (Fsp3) is 0.222. The molecule has 10 heteroatoms. The summed E-state index contributed by atoms with van der Waals surface area (Å²) in [4.78, 5) is 31.8. The number of nitrogens with one attached hydrogen (secondary N) is 1. The minimum atomic E-state index is -0.569. The van der Waals surface area contributed by atoms with Crippen LogP contribution in [0.4, 0.5) is 16.2 Å². The van der Waals surface area contributed by atoms with E-state index >= 15 is 0 Å². The number of carbonyl (C=O) groups excluding carboxylic acids is 1. The number of non-ortho nitro benzene ring substituents is 1. The van der Waals surface area contributed by atoms with Gasteiger partial charge in [-0.3, -0.25) is 15.0 Å². The van der Waals surface area contributed by atoms with Crippen LogP contribution in [0.2, 0.25) is 10.0 Å². The van der Waals surface area contributed by atoms with E-state index in [2.05, 4.69) is 9.97 Å². The van der Waals surface area contributed by atoms with Crippen molar-refractivity contribution in [3.8, 4) is 0 Å². The maximum atomic E-state index is 12.6. The zero-order chi connectivity index (χ0) is 19.8. The van der Waals surface area contributed by atoms with Gasteiger partial charge in [0.05, 0.1) is 21.2 Å². The standard InChI is InChI=1S/C18H14Cl2N4O4/c19-11-7-10-3-2-6-23(17(10)12(20)8-11)18(25)28-9-15-21-13-4-1-5-14(24(26)27)16(13)22-15/h1,4-5,7-8H,2-3,6,9H2,(H,21,22). The quantitative estimate of drug-likeness (QED) is 0.481. The van der Waals surface area contributed by atoms with Crippen molar-refractivity contribution in [3.63, 3.8) is 0 Å². The van der Waals surface area contributed by atoms with E-state index in [-0.39, 0.29) is 17.8 Å². The molecular formula is C18H14Cl2N4O4. The number of benzene rings is 2. The molecule has 8 nitrogen and oxygen atoms in total. The van der Waals surface area contributed by atoms with Crippen molar-refractivity contribution in [1.29, 1.82) is 0 Å². The number of nitro benzene ring substituents is 1. The number of amides is 1. The Hall–Kier alpha value is -2.84. The molecule has 0 saturated carbocycles. The van der Waals surface area contributed by atoms with Gasteiger partial charge in [0.2, 0.25) is 0 Å². The number of anilines is 1. The van der Waals surface area contributed by atoms with Crippen LogP contribution in [0.15, 0.2) is 30.3 Å². The van der Waals surface area contributed by atoms with Gasteiger partial charge in [-0.1, -0.05) is 29.3 Å². The number of H-pyrrole nitrogens is 1. The van der Waals surface area contributed by atoms with Gasteiger partial charge in [0.15, 0.2) is 12.1 Å². The lowest BCUT2D eigenvalue weighted by atomic mass is 10.0. The number of imidazole rings is 1. The molecule has 0 fully saturated rings. The average molecular weight is 421 g/mol. The van der Waals surface area contributed by atoms with Crippen LogP contribution in [0.5, 0.6) is 0 Å². The normalized spacial score (nSPS) is 13.4.